The molecule has 0 bridgehead atoms. The zero-order valence-electron chi connectivity index (χ0n) is 9.25. The average molecular weight is 243 g/mol. The molecule has 1 heterocycles. The first-order chi connectivity index (χ1) is 7.74. The van der Waals surface area contributed by atoms with Gasteiger partial charge in [0.1, 0.15) is 13.2 Å². The molecule has 0 aromatic heterocycles. The number of aryl methyl sites for hydroxylation is 1. The van der Waals surface area contributed by atoms with Crippen LogP contribution < -0.4 is 9.47 Å². The molecule has 0 aliphatic carbocycles. The molecule has 1 aromatic carbocycles. The fourth-order valence-corrected chi connectivity index (χ4v) is 2.26. The minimum atomic E-state index is 0.171. The van der Waals surface area contributed by atoms with Gasteiger partial charge in [-0.15, -0.1) is 0 Å². The van der Waals surface area contributed by atoms with E-state index in [0.717, 1.165) is 23.3 Å². The first-order valence-electron chi connectivity index (χ1n) is 5.42. The standard InChI is InChI=1S/C12H15ClO3/c1-8-7-10-12(16-6-5-15-10)11(13)9(8)3-2-4-14/h7,14H,2-6H2,1H3. The number of aliphatic hydroxyl groups is 1. The van der Waals surface area contributed by atoms with Crippen molar-refractivity contribution in [2.24, 2.45) is 0 Å². The number of benzene rings is 1. The number of hydrogen-bond donors (Lipinski definition) is 1. The van der Waals surface area contributed by atoms with Crippen molar-refractivity contribution < 1.29 is 14.6 Å². The minimum absolute atomic E-state index is 0.171. The van der Waals surface area contributed by atoms with E-state index in [4.69, 9.17) is 26.2 Å². The highest BCUT2D eigenvalue weighted by Gasteiger charge is 2.19. The van der Waals surface area contributed by atoms with Gasteiger partial charge in [-0.3, -0.25) is 0 Å². The van der Waals surface area contributed by atoms with Crippen LogP contribution in [-0.2, 0) is 6.42 Å². The van der Waals surface area contributed by atoms with Crippen LogP contribution in [-0.4, -0.2) is 24.9 Å². The predicted octanol–water partition coefficient (Wildman–Crippen LogP) is 2.34. The van der Waals surface area contributed by atoms with Gasteiger partial charge in [0.15, 0.2) is 11.5 Å². The van der Waals surface area contributed by atoms with Crippen molar-refractivity contribution in [2.45, 2.75) is 19.8 Å². The van der Waals surface area contributed by atoms with Crippen molar-refractivity contribution in [3.63, 3.8) is 0 Å². The second-order valence-electron chi connectivity index (χ2n) is 3.84. The van der Waals surface area contributed by atoms with E-state index in [-0.39, 0.29) is 6.61 Å². The normalized spacial score (nSPS) is 13.9. The van der Waals surface area contributed by atoms with E-state index in [1.807, 2.05) is 13.0 Å². The van der Waals surface area contributed by atoms with E-state index in [2.05, 4.69) is 0 Å². The van der Waals surface area contributed by atoms with E-state index >= 15 is 0 Å². The van der Waals surface area contributed by atoms with Crippen molar-refractivity contribution >= 4 is 11.6 Å². The molecular formula is C12H15ClO3. The number of rotatable bonds is 3. The Hall–Kier alpha value is -0.930. The molecule has 1 N–H and O–H groups in total. The molecule has 2 rings (SSSR count). The zero-order valence-corrected chi connectivity index (χ0v) is 10.0. The summed E-state index contributed by atoms with van der Waals surface area (Å²) in [6.45, 7) is 3.27. The Bertz CT molecular complexity index is 390. The summed E-state index contributed by atoms with van der Waals surface area (Å²) in [6, 6.07) is 1.95. The van der Waals surface area contributed by atoms with E-state index in [0.29, 0.717) is 30.4 Å². The van der Waals surface area contributed by atoms with E-state index in [1.165, 1.54) is 0 Å². The molecule has 1 aliphatic heterocycles. The van der Waals surface area contributed by atoms with Crippen molar-refractivity contribution in [1.82, 2.24) is 0 Å². The molecule has 1 aliphatic rings. The van der Waals surface area contributed by atoms with Gasteiger partial charge in [0, 0.05) is 6.61 Å². The third kappa shape index (κ3) is 2.11. The molecule has 0 fully saturated rings. The Morgan fingerprint density at radius 2 is 2.12 bits per heavy atom. The van der Waals surface area contributed by atoms with Crippen molar-refractivity contribution in [3.05, 3.63) is 22.2 Å². The molecule has 0 saturated carbocycles. The van der Waals surface area contributed by atoms with Gasteiger partial charge >= 0.3 is 0 Å². The third-order valence-corrected chi connectivity index (χ3v) is 3.08. The van der Waals surface area contributed by atoms with Gasteiger partial charge < -0.3 is 14.6 Å². The lowest BCUT2D eigenvalue weighted by atomic mass is 10.0. The number of hydrogen-bond acceptors (Lipinski definition) is 3. The Labute approximate surface area is 99.9 Å². The van der Waals surface area contributed by atoms with E-state index in [1.54, 1.807) is 0 Å². The Morgan fingerprint density at radius 1 is 1.38 bits per heavy atom. The Balaban J connectivity index is 2.37. The SMILES string of the molecule is Cc1cc2c(c(Cl)c1CCCO)OCCO2. The molecule has 0 saturated heterocycles. The van der Waals surface area contributed by atoms with Gasteiger partial charge in [0.2, 0.25) is 0 Å². The van der Waals surface area contributed by atoms with Gasteiger partial charge in [-0.1, -0.05) is 11.6 Å². The minimum Gasteiger partial charge on any atom is -0.486 e. The summed E-state index contributed by atoms with van der Waals surface area (Å²) in [5.41, 5.74) is 2.13. The first kappa shape index (κ1) is 11.6. The maximum absolute atomic E-state index is 8.85. The Morgan fingerprint density at radius 3 is 2.88 bits per heavy atom. The smallest absolute Gasteiger partial charge is 0.180 e. The number of fused-ring (bicyclic) bond motifs is 1. The van der Waals surface area contributed by atoms with E-state index in [9.17, 15) is 0 Å². The zero-order chi connectivity index (χ0) is 11.5. The lowest BCUT2D eigenvalue weighted by Gasteiger charge is -2.22. The molecule has 0 unspecified atom stereocenters. The summed E-state index contributed by atoms with van der Waals surface area (Å²) in [7, 11) is 0. The number of halogens is 1. The van der Waals surface area contributed by atoms with Crippen LogP contribution in [0.25, 0.3) is 0 Å². The summed E-state index contributed by atoms with van der Waals surface area (Å²) in [4.78, 5) is 0. The van der Waals surface area contributed by atoms with Crippen LogP contribution in [0.4, 0.5) is 0 Å². The van der Waals surface area contributed by atoms with Crippen LogP contribution in [0.1, 0.15) is 17.5 Å². The molecule has 1 aromatic rings. The van der Waals surface area contributed by atoms with Crippen LogP contribution in [0.15, 0.2) is 6.07 Å². The molecule has 0 spiro atoms. The first-order valence-corrected chi connectivity index (χ1v) is 5.80. The number of ether oxygens (including phenoxy) is 2. The summed E-state index contributed by atoms with van der Waals surface area (Å²) in [5.74, 6) is 1.37. The van der Waals surface area contributed by atoms with Crippen molar-refractivity contribution in [2.75, 3.05) is 19.8 Å². The Kier molecular flexibility index (Phi) is 3.56. The highest BCUT2D eigenvalue weighted by Crippen LogP contribution is 2.41. The second kappa shape index (κ2) is 4.93. The summed E-state index contributed by atoms with van der Waals surface area (Å²) in [6.07, 6.45) is 1.47. The van der Waals surface area contributed by atoms with Crippen LogP contribution in [0, 0.1) is 6.92 Å². The van der Waals surface area contributed by atoms with Crippen LogP contribution >= 0.6 is 11.6 Å². The molecule has 0 radical (unpaired) electrons. The molecule has 16 heavy (non-hydrogen) atoms. The summed E-state index contributed by atoms with van der Waals surface area (Å²) >= 11 is 6.28. The lowest BCUT2D eigenvalue weighted by molar-refractivity contribution is 0.171. The highest BCUT2D eigenvalue weighted by molar-refractivity contribution is 6.33. The molecule has 88 valence electrons. The third-order valence-electron chi connectivity index (χ3n) is 2.68. The lowest BCUT2D eigenvalue weighted by Crippen LogP contribution is -2.16. The van der Waals surface area contributed by atoms with E-state index < -0.39 is 0 Å². The van der Waals surface area contributed by atoms with Crippen LogP contribution in [0.5, 0.6) is 11.5 Å². The maximum atomic E-state index is 8.85. The molecule has 0 amide bonds. The average Bonchev–Trinajstić information content (AvgIpc) is 2.29. The fourth-order valence-electron chi connectivity index (χ4n) is 1.87. The van der Waals surface area contributed by atoms with Crippen molar-refractivity contribution in [1.29, 1.82) is 0 Å². The summed E-state index contributed by atoms with van der Waals surface area (Å²) in [5, 5.41) is 9.48. The van der Waals surface area contributed by atoms with Gasteiger partial charge in [0.05, 0.1) is 5.02 Å². The largest absolute Gasteiger partial charge is 0.486 e. The quantitative estimate of drug-likeness (QED) is 0.884. The second-order valence-corrected chi connectivity index (χ2v) is 4.22. The van der Waals surface area contributed by atoms with Crippen LogP contribution in [0.2, 0.25) is 5.02 Å². The molecule has 0 atom stereocenters. The molecule has 4 heteroatoms. The predicted molar refractivity (Wildman–Crippen MR) is 62.6 cm³/mol. The number of aliphatic hydroxyl groups excluding tert-OH is 1. The molecule has 3 nitrogen and oxygen atoms in total. The summed E-state index contributed by atoms with van der Waals surface area (Å²) < 4.78 is 11.0. The van der Waals surface area contributed by atoms with Crippen LogP contribution in [0.3, 0.4) is 0 Å². The monoisotopic (exact) mass is 242 g/mol. The van der Waals surface area contributed by atoms with Crippen molar-refractivity contribution in [3.8, 4) is 11.5 Å². The van der Waals surface area contributed by atoms with Gasteiger partial charge in [0.25, 0.3) is 0 Å². The fraction of sp³-hybridized carbons (Fsp3) is 0.500. The van der Waals surface area contributed by atoms with Gasteiger partial charge in [-0.2, -0.15) is 0 Å². The molecular weight excluding hydrogens is 228 g/mol. The topological polar surface area (TPSA) is 38.7 Å². The maximum Gasteiger partial charge on any atom is 0.180 e. The van der Waals surface area contributed by atoms with Gasteiger partial charge in [-0.25, -0.2) is 0 Å². The van der Waals surface area contributed by atoms with Gasteiger partial charge in [-0.05, 0) is 37.0 Å². The highest BCUT2D eigenvalue weighted by atomic mass is 35.5.